The molecular weight excluding hydrogens is 452 g/mol. The van der Waals surface area contributed by atoms with Gasteiger partial charge < -0.3 is 5.32 Å². The maximum Gasteiger partial charge on any atom is 0.269 e. The second-order valence-corrected chi connectivity index (χ2v) is 10.5. The number of fused-ring (bicyclic) bond motifs is 2. The highest BCUT2D eigenvalue weighted by Crippen LogP contribution is 2.51. The molecule has 0 spiro atoms. The van der Waals surface area contributed by atoms with Gasteiger partial charge in [-0.05, 0) is 67.4 Å². The number of halogens is 1. The zero-order valence-corrected chi connectivity index (χ0v) is 19.4. The molecule has 0 aromatic heterocycles. The highest BCUT2D eigenvalue weighted by molar-refractivity contribution is 8.00. The van der Waals surface area contributed by atoms with Gasteiger partial charge in [0.05, 0.1) is 16.3 Å². The number of amides is 1. The van der Waals surface area contributed by atoms with Crippen molar-refractivity contribution in [2.75, 3.05) is 9.62 Å². The fourth-order valence-corrected chi connectivity index (χ4v) is 6.57. The molecule has 160 valence electrons. The Balaban J connectivity index is 1.81. The number of benzene rings is 3. The van der Waals surface area contributed by atoms with Crippen LogP contribution in [0.3, 0.4) is 0 Å². The lowest BCUT2D eigenvalue weighted by Gasteiger charge is -2.32. The summed E-state index contributed by atoms with van der Waals surface area (Å²) in [5.74, 6) is -0.0944. The minimum Gasteiger partial charge on any atom is -0.326 e. The Morgan fingerprint density at radius 1 is 1.03 bits per heavy atom. The topological polar surface area (TPSA) is 66.5 Å². The molecule has 3 aromatic rings. The Morgan fingerprint density at radius 3 is 2.52 bits per heavy atom. The molecule has 4 rings (SSSR count). The number of aryl methyl sites for hydroxylation is 1. The Labute approximate surface area is 191 Å². The van der Waals surface area contributed by atoms with E-state index in [0.29, 0.717) is 34.1 Å². The number of sulfonamides is 1. The highest BCUT2D eigenvalue weighted by atomic mass is 35.5. The van der Waals surface area contributed by atoms with E-state index >= 15 is 0 Å². The molecular formula is C23H21ClN2O3S2. The van der Waals surface area contributed by atoms with Gasteiger partial charge in [-0.3, -0.25) is 4.79 Å². The van der Waals surface area contributed by atoms with Crippen molar-refractivity contribution in [1.82, 2.24) is 0 Å². The van der Waals surface area contributed by atoms with Crippen molar-refractivity contribution in [2.45, 2.75) is 41.4 Å². The molecule has 0 bridgehead atoms. The van der Waals surface area contributed by atoms with Crippen LogP contribution in [0, 0.1) is 6.92 Å². The quantitative estimate of drug-likeness (QED) is 0.468. The smallest absolute Gasteiger partial charge is 0.269 e. The third kappa shape index (κ3) is 4.18. The predicted octanol–water partition coefficient (Wildman–Crippen LogP) is 6.38. The second kappa shape index (κ2) is 8.57. The molecule has 1 aliphatic heterocycles. The lowest BCUT2D eigenvalue weighted by Crippen LogP contribution is -2.29. The average molecular weight is 473 g/mol. The average Bonchev–Trinajstić information content (AvgIpc) is 2.72. The Hall–Kier alpha value is -2.48. The van der Waals surface area contributed by atoms with Crippen LogP contribution >= 0.6 is 23.4 Å². The van der Waals surface area contributed by atoms with Crippen LogP contribution in [-0.4, -0.2) is 14.3 Å². The first-order valence-electron chi connectivity index (χ1n) is 9.83. The molecule has 1 amide bonds. The molecule has 0 saturated carbocycles. The summed E-state index contributed by atoms with van der Waals surface area (Å²) in [5.41, 5.74) is 2.24. The summed E-state index contributed by atoms with van der Waals surface area (Å²) in [5, 5.41) is 3.28. The Morgan fingerprint density at radius 2 is 1.77 bits per heavy atom. The van der Waals surface area contributed by atoms with Gasteiger partial charge in [0.1, 0.15) is 0 Å². The molecule has 1 aliphatic rings. The van der Waals surface area contributed by atoms with Crippen molar-refractivity contribution in [1.29, 1.82) is 0 Å². The number of anilines is 3. The first-order valence-corrected chi connectivity index (χ1v) is 12.5. The van der Waals surface area contributed by atoms with E-state index in [1.807, 2.05) is 31.2 Å². The van der Waals surface area contributed by atoms with Crippen LogP contribution in [0.25, 0.3) is 0 Å². The molecule has 0 fully saturated rings. The third-order valence-corrected chi connectivity index (χ3v) is 8.15. The van der Waals surface area contributed by atoms with Gasteiger partial charge in [0.2, 0.25) is 5.91 Å². The summed E-state index contributed by atoms with van der Waals surface area (Å²) >= 11 is 7.73. The normalized spacial score (nSPS) is 12.8. The molecule has 5 nitrogen and oxygen atoms in total. The molecule has 0 atom stereocenters. The van der Waals surface area contributed by atoms with Crippen LogP contribution < -0.4 is 9.62 Å². The van der Waals surface area contributed by atoms with Gasteiger partial charge in [-0.15, -0.1) is 0 Å². The lowest BCUT2D eigenvalue weighted by molar-refractivity contribution is -0.116. The van der Waals surface area contributed by atoms with E-state index in [0.717, 1.165) is 16.2 Å². The number of nitrogens with one attached hydrogen (secondary N) is 1. The minimum absolute atomic E-state index is 0.0944. The zero-order valence-electron chi connectivity index (χ0n) is 17.1. The molecule has 1 N–H and O–H groups in total. The van der Waals surface area contributed by atoms with Crippen LogP contribution in [0.4, 0.5) is 17.1 Å². The SMILES string of the molecule is CCCC(=O)Nc1ccc(S(=O)(=O)N2c3ccccc3Sc3ccc(Cl)cc32)c(C)c1. The van der Waals surface area contributed by atoms with E-state index in [-0.39, 0.29) is 10.8 Å². The van der Waals surface area contributed by atoms with Gasteiger partial charge in [-0.1, -0.05) is 42.4 Å². The lowest BCUT2D eigenvalue weighted by atomic mass is 10.2. The van der Waals surface area contributed by atoms with Crippen molar-refractivity contribution >= 4 is 56.4 Å². The van der Waals surface area contributed by atoms with Gasteiger partial charge in [-0.25, -0.2) is 12.7 Å². The first-order chi connectivity index (χ1) is 14.8. The molecule has 0 radical (unpaired) electrons. The van der Waals surface area contributed by atoms with Gasteiger partial charge in [-0.2, -0.15) is 0 Å². The van der Waals surface area contributed by atoms with E-state index in [1.54, 1.807) is 43.3 Å². The van der Waals surface area contributed by atoms with Gasteiger partial charge in [0, 0.05) is 26.9 Å². The van der Waals surface area contributed by atoms with E-state index < -0.39 is 10.0 Å². The summed E-state index contributed by atoms with van der Waals surface area (Å²) in [6.45, 7) is 3.66. The highest BCUT2D eigenvalue weighted by Gasteiger charge is 2.34. The zero-order chi connectivity index (χ0) is 22.2. The van der Waals surface area contributed by atoms with Crippen molar-refractivity contribution < 1.29 is 13.2 Å². The maximum absolute atomic E-state index is 13.9. The van der Waals surface area contributed by atoms with Crippen LogP contribution in [0.1, 0.15) is 25.3 Å². The Kier molecular flexibility index (Phi) is 6.01. The minimum atomic E-state index is -3.94. The maximum atomic E-state index is 13.9. The number of para-hydroxylation sites is 1. The largest absolute Gasteiger partial charge is 0.326 e. The van der Waals surface area contributed by atoms with Gasteiger partial charge in [0.25, 0.3) is 10.0 Å². The molecule has 31 heavy (non-hydrogen) atoms. The number of nitrogens with zero attached hydrogens (tertiary/aromatic N) is 1. The summed E-state index contributed by atoms with van der Waals surface area (Å²) in [6.07, 6.45) is 1.16. The van der Waals surface area contributed by atoms with Crippen molar-refractivity contribution in [3.05, 3.63) is 71.2 Å². The van der Waals surface area contributed by atoms with E-state index in [9.17, 15) is 13.2 Å². The fraction of sp³-hybridized carbons (Fsp3) is 0.174. The number of hydrogen-bond donors (Lipinski definition) is 1. The molecule has 0 unspecified atom stereocenters. The summed E-state index contributed by atoms with van der Waals surface area (Å²) in [4.78, 5) is 13.7. The van der Waals surface area contributed by atoms with Crippen molar-refractivity contribution in [3.8, 4) is 0 Å². The van der Waals surface area contributed by atoms with Crippen LogP contribution in [0.15, 0.2) is 75.4 Å². The van der Waals surface area contributed by atoms with Crippen molar-refractivity contribution in [2.24, 2.45) is 0 Å². The monoisotopic (exact) mass is 472 g/mol. The summed E-state index contributed by atoms with van der Waals surface area (Å²) < 4.78 is 29.1. The molecule has 8 heteroatoms. The third-order valence-electron chi connectivity index (χ3n) is 4.90. The number of rotatable bonds is 5. The Bertz CT molecular complexity index is 1280. The number of hydrogen-bond acceptors (Lipinski definition) is 4. The fourth-order valence-electron chi connectivity index (χ4n) is 3.52. The van der Waals surface area contributed by atoms with Crippen LogP contribution in [0.2, 0.25) is 5.02 Å². The van der Waals surface area contributed by atoms with E-state index in [4.69, 9.17) is 11.6 Å². The van der Waals surface area contributed by atoms with Crippen molar-refractivity contribution in [3.63, 3.8) is 0 Å². The van der Waals surface area contributed by atoms with Crippen LogP contribution in [-0.2, 0) is 14.8 Å². The number of carbonyl (C=O) groups is 1. The van der Waals surface area contributed by atoms with Gasteiger partial charge >= 0.3 is 0 Å². The molecule has 0 aliphatic carbocycles. The van der Waals surface area contributed by atoms with Gasteiger partial charge in [0.15, 0.2) is 0 Å². The predicted molar refractivity (Wildman–Crippen MR) is 126 cm³/mol. The summed E-state index contributed by atoms with van der Waals surface area (Å²) in [6, 6.07) is 17.5. The number of carbonyl (C=O) groups excluding carboxylic acids is 1. The first kappa shape index (κ1) is 21.7. The van der Waals surface area contributed by atoms with E-state index in [2.05, 4.69) is 5.32 Å². The van der Waals surface area contributed by atoms with E-state index in [1.165, 1.54) is 16.1 Å². The molecule has 3 aromatic carbocycles. The second-order valence-electron chi connectivity index (χ2n) is 7.23. The standard InChI is InChI=1S/C23H21ClN2O3S2/c1-3-6-23(27)25-17-10-12-22(15(2)13-17)31(28,29)26-18-7-4-5-8-20(18)30-21-11-9-16(24)14-19(21)26/h4-5,7-14H,3,6H2,1-2H3,(H,25,27). The molecule has 0 saturated heterocycles. The molecule has 1 heterocycles. The summed E-state index contributed by atoms with van der Waals surface area (Å²) in [7, 11) is -3.94. The van der Waals surface area contributed by atoms with Crippen LogP contribution in [0.5, 0.6) is 0 Å².